The Bertz CT molecular complexity index is 415. The molecule has 4 nitrogen and oxygen atoms in total. The molecule has 0 aromatic carbocycles. The lowest BCUT2D eigenvalue weighted by atomic mass is 10.1. The van der Waals surface area contributed by atoms with Crippen LogP contribution >= 0.6 is 0 Å². The van der Waals surface area contributed by atoms with Gasteiger partial charge in [0.15, 0.2) is 0 Å². The summed E-state index contributed by atoms with van der Waals surface area (Å²) in [5.41, 5.74) is 7.23. The fraction of sp³-hybridized carbons (Fsp3) is 0.688. The van der Waals surface area contributed by atoms with E-state index in [-0.39, 0.29) is 6.04 Å². The van der Waals surface area contributed by atoms with E-state index in [4.69, 9.17) is 5.73 Å². The van der Waals surface area contributed by atoms with Gasteiger partial charge >= 0.3 is 0 Å². The molecule has 3 atom stereocenters. The van der Waals surface area contributed by atoms with E-state index in [1.165, 1.54) is 5.56 Å². The number of anilines is 1. The van der Waals surface area contributed by atoms with Crippen molar-refractivity contribution < 1.29 is 0 Å². The van der Waals surface area contributed by atoms with Crippen molar-refractivity contribution in [3.8, 4) is 0 Å². The van der Waals surface area contributed by atoms with Gasteiger partial charge in [0.05, 0.1) is 0 Å². The molecule has 112 valence electrons. The second kappa shape index (κ2) is 6.55. The third-order valence-electron chi connectivity index (χ3n) is 4.39. The van der Waals surface area contributed by atoms with Gasteiger partial charge in [-0.1, -0.05) is 19.9 Å². The Morgan fingerprint density at radius 2 is 2.15 bits per heavy atom. The first-order chi connectivity index (χ1) is 9.51. The molecule has 1 aromatic heterocycles. The molecule has 0 radical (unpaired) electrons. The molecule has 0 spiro atoms. The maximum absolute atomic E-state index is 5.99. The predicted molar refractivity (Wildman–Crippen MR) is 85.1 cm³/mol. The molecule has 0 bridgehead atoms. The van der Waals surface area contributed by atoms with E-state index < -0.39 is 0 Å². The summed E-state index contributed by atoms with van der Waals surface area (Å²) in [5, 5.41) is 0. The highest BCUT2D eigenvalue weighted by atomic mass is 15.3. The van der Waals surface area contributed by atoms with Gasteiger partial charge in [0.2, 0.25) is 0 Å². The highest BCUT2D eigenvalue weighted by molar-refractivity contribution is 5.41. The number of hydrogen-bond donors (Lipinski definition) is 1. The van der Waals surface area contributed by atoms with E-state index >= 15 is 0 Å². The lowest BCUT2D eigenvalue weighted by Gasteiger charge is -2.22. The molecule has 2 rings (SSSR count). The topological polar surface area (TPSA) is 45.4 Å². The van der Waals surface area contributed by atoms with Crippen molar-refractivity contribution in [1.82, 2.24) is 9.88 Å². The highest BCUT2D eigenvalue weighted by Gasteiger charge is 2.31. The minimum absolute atomic E-state index is 0.243. The summed E-state index contributed by atoms with van der Waals surface area (Å²) in [7, 11) is 4.32. The van der Waals surface area contributed by atoms with Crippen molar-refractivity contribution in [3.05, 3.63) is 23.9 Å². The molecule has 0 aliphatic carbocycles. The number of likely N-dealkylation sites (N-methyl/N-ethyl adjacent to an activating group) is 1. The molecule has 2 N–H and O–H groups in total. The molecule has 1 aromatic rings. The molecule has 1 aliphatic heterocycles. The van der Waals surface area contributed by atoms with Crippen LogP contribution < -0.4 is 10.6 Å². The minimum Gasteiger partial charge on any atom is -0.355 e. The van der Waals surface area contributed by atoms with Gasteiger partial charge in [-0.2, -0.15) is 0 Å². The molecule has 0 saturated carbocycles. The second-order valence-electron chi connectivity index (χ2n) is 6.31. The number of pyridine rings is 1. The first-order valence-corrected chi connectivity index (χ1v) is 7.63. The number of nitrogens with zero attached hydrogens (tertiary/aromatic N) is 3. The van der Waals surface area contributed by atoms with Gasteiger partial charge in [-0.3, -0.25) is 0 Å². The summed E-state index contributed by atoms with van der Waals surface area (Å²) in [6.45, 7) is 6.59. The number of rotatable bonds is 5. The van der Waals surface area contributed by atoms with Gasteiger partial charge in [-0.05, 0) is 44.5 Å². The molecule has 4 heteroatoms. The van der Waals surface area contributed by atoms with E-state index in [9.17, 15) is 0 Å². The average molecular weight is 276 g/mol. The third-order valence-corrected chi connectivity index (χ3v) is 4.39. The Kier molecular flexibility index (Phi) is 5.00. The van der Waals surface area contributed by atoms with Crippen molar-refractivity contribution >= 4 is 5.82 Å². The van der Waals surface area contributed by atoms with Crippen LogP contribution in [0.25, 0.3) is 0 Å². The fourth-order valence-electron chi connectivity index (χ4n) is 2.98. The lowest BCUT2D eigenvalue weighted by Crippen LogP contribution is -2.34. The van der Waals surface area contributed by atoms with E-state index in [1.807, 2.05) is 6.20 Å². The first-order valence-electron chi connectivity index (χ1n) is 7.63. The third kappa shape index (κ3) is 3.49. The van der Waals surface area contributed by atoms with Crippen LogP contribution in [-0.4, -0.2) is 49.2 Å². The molecule has 0 amide bonds. The largest absolute Gasteiger partial charge is 0.355 e. The van der Waals surface area contributed by atoms with Crippen LogP contribution in [0, 0.1) is 5.92 Å². The van der Waals surface area contributed by atoms with E-state index in [1.54, 1.807) is 0 Å². The molecule has 1 fully saturated rings. The number of aromatic nitrogens is 1. The van der Waals surface area contributed by atoms with Crippen molar-refractivity contribution in [2.75, 3.05) is 32.1 Å². The van der Waals surface area contributed by atoms with Crippen molar-refractivity contribution in [2.24, 2.45) is 11.7 Å². The van der Waals surface area contributed by atoms with Crippen molar-refractivity contribution in [1.29, 1.82) is 0 Å². The molecule has 1 aliphatic rings. The first kappa shape index (κ1) is 15.3. The van der Waals surface area contributed by atoms with E-state index in [0.29, 0.717) is 12.0 Å². The zero-order chi connectivity index (χ0) is 14.7. The van der Waals surface area contributed by atoms with Gasteiger partial charge in [0.1, 0.15) is 5.82 Å². The summed E-state index contributed by atoms with van der Waals surface area (Å²) in [5.74, 6) is 1.77. The van der Waals surface area contributed by atoms with Crippen molar-refractivity contribution in [2.45, 2.75) is 38.8 Å². The summed E-state index contributed by atoms with van der Waals surface area (Å²) in [4.78, 5) is 9.33. The second-order valence-corrected chi connectivity index (χ2v) is 6.31. The zero-order valence-corrected chi connectivity index (χ0v) is 13.2. The Balaban J connectivity index is 2.00. The summed E-state index contributed by atoms with van der Waals surface area (Å²) >= 11 is 0. The number of nitrogens with two attached hydrogens (primary N) is 1. The molecule has 2 heterocycles. The summed E-state index contributed by atoms with van der Waals surface area (Å²) < 4.78 is 0. The predicted octanol–water partition coefficient (Wildman–Crippen LogP) is 1.75. The SMILES string of the molecule is CCC(N)Cc1ccc(N2CC(C)C(N(C)C)C2)nc1. The summed E-state index contributed by atoms with van der Waals surface area (Å²) in [6.07, 6.45) is 3.91. The monoisotopic (exact) mass is 276 g/mol. The Hall–Kier alpha value is -1.13. The van der Waals surface area contributed by atoms with Crippen LogP contribution in [0.5, 0.6) is 0 Å². The van der Waals surface area contributed by atoms with Crippen LogP contribution in [0.2, 0.25) is 0 Å². The Labute approximate surface area is 123 Å². The molecule has 1 saturated heterocycles. The Morgan fingerprint density at radius 1 is 1.40 bits per heavy atom. The quantitative estimate of drug-likeness (QED) is 0.890. The molecular weight excluding hydrogens is 248 g/mol. The van der Waals surface area contributed by atoms with Gasteiger partial charge in [0, 0.05) is 31.4 Å². The molecule has 3 unspecified atom stereocenters. The van der Waals surface area contributed by atoms with Crippen LogP contribution in [0.4, 0.5) is 5.82 Å². The molecule has 20 heavy (non-hydrogen) atoms. The van der Waals surface area contributed by atoms with Gasteiger partial charge in [-0.25, -0.2) is 4.98 Å². The molecular formula is C16H28N4. The van der Waals surface area contributed by atoms with Crippen LogP contribution in [0.3, 0.4) is 0 Å². The van der Waals surface area contributed by atoms with Gasteiger partial charge in [0.25, 0.3) is 0 Å². The van der Waals surface area contributed by atoms with E-state index in [0.717, 1.165) is 31.7 Å². The fourth-order valence-corrected chi connectivity index (χ4v) is 2.98. The van der Waals surface area contributed by atoms with Crippen LogP contribution in [0.15, 0.2) is 18.3 Å². The maximum Gasteiger partial charge on any atom is 0.128 e. The maximum atomic E-state index is 5.99. The summed E-state index contributed by atoms with van der Waals surface area (Å²) in [6, 6.07) is 5.17. The average Bonchev–Trinajstić information content (AvgIpc) is 2.81. The highest BCUT2D eigenvalue weighted by Crippen LogP contribution is 2.24. The smallest absolute Gasteiger partial charge is 0.128 e. The lowest BCUT2D eigenvalue weighted by molar-refractivity contribution is 0.266. The zero-order valence-electron chi connectivity index (χ0n) is 13.2. The standard InChI is InChI=1S/C16H28N4/c1-5-14(17)8-13-6-7-16(18-9-13)20-10-12(2)15(11-20)19(3)4/h6-7,9,12,14-15H,5,8,10-11,17H2,1-4H3. The van der Waals surface area contributed by atoms with Crippen LogP contribution in [0.1, 0.15) is 25.8 Å². The number of hydrogen-bond acceptors (Lipinski definition) is 4. The van der Waals surface area contributed by atoms with Crippen molar-refractivity contribution in [3.63, 3.8) is 0 Å². The minimum atomic E-state index is 0.243. The van der Waals surface area contributed by atoms with Crippen LogP contribution in [-0.2, 0) is 6.42 Å². The van der Waals surface area contributed by atoms with E-state index in [2.05, 4.69) is 54.9 Å². The van der Waals surface area contributed by atoms with Gasteiger partial charge in [-0.15, -0.1) is 0 Å². The Morgan fingerprint density at radius 3 is 2.65 bits per heavy atom. The normalized spacial score (nSPS) is 24.4. The van der Waals surface area contributed by atoms with Gasteiger partial charge < -0.3 is 15.5 Å².